The van der Waals surface area contributed by atoms with Crippen LogP contribution in [0.2, 0.25) is 5.15 Å². The van der Waals surface area contributed by atoms with Gasteiger partial charge in [0.15, 0.2) is 16.8 Å². The number of Topliss-reactive ketones (excluding diaryl/α,β-unsaturated/α-hetero) is 1. The summed E-state index contributed by atoms with van der Waals surface area (Å²) in [4.78, 5) is 30.2. The van der Waals surface area contributed by atoms with Gasteiger partial charge in [0.05, 0.1) is 12.2 Å². The first kappa shape index (κ1) is 14.3. The SMILES string of the molecule is CCOC(=O)[C@H]1CN(C2CC2)c2nc(Cl)c(F)cc2C1=O. The minimum atomic E-state index is -0.930. The number of pyridine rings is 1. The largest absolute Gasteiger partial charge is 0.465 e. The maximum absolute atomic E-state index is 13.6. The second kappa shape index (κ2) is 5.26. The summed E-state index contributed by atoms with van der Waals surface area (Å²) >= 11 is 5.72. The molecule has 0 aromatic carbocycles. The summed E-state index contributed by atoms with van der Waals surface area (Å²) in [6, 6.07) is 1.29. The number of nitrogens with zero attached hydrogens (tertiary/aromatic N) is 2. The third-order valence-corrected chi connectivity index (χ3v) is 3.97. The zero-order chi connectivity index (χ0) is 15.1. The van der Waals surface area contributed by atoms with Gasteiger partial charge in [0.2, 0.25) is 0 Å². The molecular formula is C14H14ClFN2O3. The number of carbonyl (C=O) groups excluding carboxylic acids is 2. The topological polar surface area (TPSA) is 59.5 Å². The Morgan fingerprint density at radius 3 is 2.90 bits per heavy atom. The number of esters is 1. The molecule has 0 N–H and O–H groups in total. The van der Waals surface area contributed by atoms with Gasteiger partial charge in [-0.25, -0.2) is 9.37 Å². The van der Waals surface area contributed by atoms with E-state index in [1.807, 2.05) is 4.90 Å². The average Bonchev–Trinajstić information content (AvgIpc) is 3.26. The number of hydrogen-bond acceptors (Lipinski definition) is 5. The van der Waals surface area contributed by atoms with E-state index in [9.17, 15) is 14.0 Å². The highest BCUT2D eigenvalue weighted by Gasteiger charge is 2.43. The van der Waals surface area contributed by atoms with Crippen LogP contribution in [0.3, 0.4) is 0 Å². The van der Waals surface area contributed by atoms with Crippen molar-refractivity contribution in [2.75, 3.05) is 18.1 Å². The van der Waals surface area contributed by atoms with Crippen molar-refractivity contribution in [3.63, 3.8) is 0 Å². The maximum atomic E-state index is 13.6. The Labute approximate surface area is 126 Å². The van der Waals surface area contributed by atoms with Crippen molar-refractivity contribution >= 4 is 29.2 Å². The van der Waals surface area contributed by atoms with Crippen LogP contribution in [0.4, 0.5) is 10.2 Å². The fourth-order valence-electron chi connectivity index (χ4n) is 2.54. The van der Waals surface area contributed by atoms with Crippen LogP contribution in [0.15, 0.2) is 6.07 Å². The molecular weight excluding hydrogens is 299 g/mol. The molecule has 1 atom stereocenters. The van der Waals surface area contributed by atoms with E-state index in [1.54, 1.807) is 6.92 Å². The fraction of sp³-hybridized carbons (Fsp3) is 0.500. The Hall–Kier alpha value is -1.69. The van der Waals surface area contributed by atoms with Gasteiger partial charge in [-0.1, -0.05) is 11.6 Å². The molecule has 21 heavy (non-hydrogen) atoms. The molecule has 1 fully saturated rings. The Balaban J connectivity index is 2.03. The van der Waals surface area contributed by atoms with E-state index in [-0.39, 0.29) is 29.9 Å². The zero-order valence-corrected chi connectivity index (χ0v) is 12.2. The molecule has 0 unspecified atom stereocenters. The number of anilines is 1. The highest BCUT2D eigenvalue weighted by Crippen LogP contribution is 2.38. The summed E-state index contributed by atoms with van der Waals surface area (Å²) in [6.45, 7) is 2.09. The lowest BCUT2D eigenvalue weighted by molar-refractivity contribution is -0.145. The normalized spacial score (nSPS) is 21.2. The smallest absolute Gasteiger partial charge is 0.318 e. The number of ketones is 1. The van der Waals surface area contributed by atoms with Crippen LogP contribution < -0.4 is 4.90 Å². The first-order valence-electron chi connectivity index (χ1n) is 6.86. The number of ether oxygens (including phenoxy) is 1. The number of fused-ring (bicyclic) bond motifs is 1. The molecule has 3 rings (SSSR count). The first-order chi connectivity index (χ1) is 10.0. The lowest BCUT2D eigenvalue weighted by atomic mass is 9.93. The Morgan fingerprint density at radius 1 is 1.57 bits per heavy atom. The van der Waals surface area contributed by atoms with Crippen LogP contribution in [0.5, 0.6) is 0 Å². The van der Waals surface area contributed by atoms with Crippen molar-refractivity contribution < 1.29 is 18.7 Å². The van der Waals surface area contributed by atoms with E-state index >= 15 is 0 Å². The van der Waals surface area contributed by atoms with Gasteiger partial charge >= 0.3 is 5.97 Å². The molecule has 1 aromatic heterocycles. The number of aromatic nitrogens is 1. The van der Waals surface area contributed by atoms with Crippen LogP contribution in [0.25, 0.3) is 0 Å². The van der Waals surface area contributed by atoms with E-state index < -0.39 is 23.5 Å². The molecule has 2 aliphatic rings. The summed E-state index contributed by atoms with van der Waals surface area (Å²) in [6.07, 6.45) is 1.92. The molecule has 0 amide bonds. The maximum Gasteiger partial charge on any atom is 0.318 e. The van der Waals surface area contributed by atoms with Crippen LogP contribution in [0, 0.1) is 11.7 Å². The molecule has 0 radical (unpaired) electrons. The molecule has 112 valence electrons. The second-order valence-corrected chi connectivity index (χ2v) is 5.54. The Kier molecular flexibility index (Phi) is 3.57. The minimum absolute atomic E-state index is 0.105. The van der Waals surface area contributed by atoms with Gasteiger partial charge in [0.25, 0.3) is 0 Å². The monoisotopic (exact) mass is 312 g/mol. The van der Waals surface area contributed by atoms with Crippen LogP contribution in [-0.2, 0) is 9.53 Å². The van der Waals surface area contributed by atoms with Crippen LogP contribution in [0.1, 0.15) is 30.1 Å². The lowest BCUT2D eigenvalue weighted by Crippen LogP contribution is -2.45. The van der Waals surface area contributed by atoms with E-state index in [2.05, 4.69) is 4.98 Å². The van der Waals surface area contributed by atoms with Gasteiger partial charge in [-0.05, 0) is 25.8 Å². The summed E-state index contributed by atoms with van der Waals surface area (Å²) in [5.41, 5.74) is 0.105. The number of carbonyl (C=O) groups is 2. The summed E-state index contributed by atoms with van der Waals surface area (Å²) in [7, 11) is 0. The molecule has 7 heteroatoms. The van der Waals surface area contributed by atoms with Gasteiger partial charge in [-0.15, -0.1) is 0 Å². The third kappa shape index (κ3) is 2.48. The van der Waals surface area contributed by atoms with E-state index in [1.165, 1.54) is 0 Å². The van der Waals surface area contributed by atoms with Crippen molar-refractivity contribution in [1.29, 1.82) is 0 Å². The van der Waals surface area contributed by atoms with E-state index in [0.29, 0.717) is 5.82 Å². The fourth-order valence-corrected chi connectivity index (χ4v) is 2.68. The van der Waals surface area contributed by atoms with Crippen molar-refractivity contribution in [1.82, 2.24) is 4.98 Å². The molecule has 0 saturated heterocycles. The highest BCUT2D eigenvalue weighted by atomic mass is 35.5. The predicted octanol–water partition coefficient (Wildman–Crippen LogP) is 2.22. The van der Waals surface area contributed by atoms with Gasteiger partial charge in [0, 0.05) is 12.6 Å². The molecule has 0 bridgehead atoms. The van der Waals surface area contributed by atoms with Gasteiger partial charge in [0.1, 0.15) is 11.7 Å². The van der Waals surface area contributed by atoms with Crippen molar-refractivity contribution in [2.24, 2.45) is 5.92 Å². The number of rotatable bonds is 3. The van der Waals surface area contributed by atoms with E-state index in [4.69, 9.17) is 16.3 Å². The minimum Gasteiger partial charge on any atom is -0.465 e. The molecule has 1 aliphatic heterocycles. The first-order valence-corrected chi connectivity index (χ1v) is 7.24. The lowest BCUT2D eigenvalue weighted by Gasteiger charge is -2.33. The quantitative estimate of drug-likeness (QED) is 0.486. The Morgan fingerprint density at radius 2 is 2.29 bits per heavy atom. The average molecular weight is 313 g/mol. The zero-order valence-electron chi connectivity index (χ0n) is 11.4. The predicted molar refractivity (Wildman–Crippen MR) is 74.0 cm³/mol. The molecule has 2 heterocycles. The van der Waals surface area contributed by atoms with Crippen LogP contribution >= 0.6 is 11.6 Å². The molecule has 1 aliphatic carbocycles. The van der Waals surface area contributed by atoms with Crippen molar-refractivity contribution in [3.05, 3.63) is 22.6 Å². The number of hydrogen-bond donors (Lipinski definition) is 0. The number of halogens is 2. The summed E-state index contributed by atoms with van der Waals surface area (Å²) in [5.74, 6) is -2.35. The Bertz CT molecular complexity index is 618. The second-order valence-electron chi connectivity index (χ2n) is 5.18. The molecule has 1 saturated carbocycles. The van der Waals surface area contributed by atoms with Crippen molar-refractivity contribution in [2.45, 2.75) is 25.8 Å². The van der Waals surface area contributed by atoms with Gasteiger partial charge < -0.3 is 9.64 Å². The van der Waals surface area contributed by atoms with Gasteiger partial charge in [-0.3, -0.25) is 9.59 Å². The third-order valence-electron chi connectivity index (χ3n) is 3.71. The molecule has 5 nitrogen and oxygen atoms in total. The molecule has 0 spiro atoms. The van der Waals surface area contributed by atoms with Crippen LogP contribution in [-0.4, -0.2) is 35.9 Å². The summed E-state index contributed by atoms with van der Waals surface area (Å²) in [5, 5.41) is -0.262. The van der Waals surface area contributed by atoms with Gasteiger partial charge in [-0.2, -0.15) is 0 Å². The summed E-state index contributed by atoms with van der Waals surface area (Å²) < 4.78 is 18.6. The molecule has 1 aromatic rings. The van der Waals surface area contributed by atoms with Crippen molar-refractivity contribution in [3.8, 4) is 0 Å². The standard InChI is InChI=1S/C14H14ClFN2O3/c1-2-21-14(20)9-6-18(7-3-4-7)13-8(11(9)19)5-10(16)12(15)17-13/h5,7,9H,2-4,6H2,1H3/t9-/m0/s1. The highest BCUT2D eigenvalue weighted by molar-refractivity contribution is 6.30. The van der Waals surface area contributed by atoms with E-state index in [0.717, 1.165) is 18.9 Å².